The van der Waals surface area contributed by atoms with E-state index in [-0.39, 0.29) is 32.7 Å². The predicted molar refractivity (Wildman–Crippen MR) is 66.4 cm³/mol. The lowest BCUT2D eigenvalue weighted by Gasteiger charge is -2.32. The minimum atomic E-state index is -0.583. The molecule has 108 valence electrons. The molecule has 0 N–H and O–H groups in total. The summed E-state index contributed by atoms with van der Waals surface area (Å²) < 4.78 is 10.2. The summed E-state index contributed by atoms with van der Waals surface area (Å²) in [5.74, 6) is -0.940. The number of barbiturate groups is 1. The first-order valence-electron chi connectivity index (χ1n) is 6.42. The Hall–Kier alpha value is -1.47. The molecule has 0 unspecified atom stereocenters. The van der Waals surface area contributed by atoms with Crippen LogP contribution in [0.5, 0.6) is 0 Å². The van der Waals surface area contributed by atoms with Gasteiger partial charge in [-0.1, -0.05) is 0 Å². The van der Waals surface area contributed by atoms with Crippen LogP contribution in [0, 0.1) is 0 Å². The summed E-state index contributed by atoms with van der Waals surface area (Å²) in [5.41, 5.74) is 0. The van der Waals surface area contributed by atoms with Gasteiger partial charge in [0.05, 0.1) is 26.3 Å². The van der Waals surface area contributed by atoms with Gasteiger partial charge in [0.1, 0.15) is 6.42 Å². The minimum absolute atomic E-state index is 0.171. The van der Waals surface area contributed by atoms with E-state index in [2.05, 4.69) is 0 Å². The van der Waals surface area contributed by atoms with Crippen molar-refractivity contribution in [2.45, 2.75) is 20.3 Å². The molecule has 1 aliphatic rings. The number of amides is 4. The highest BCUT2D eigenvalue weighted by molar-refractivity contribution is 6.14. The third-order valence-electron chi connectivity index (χ3n) is 2.69. The summed E-state index contributed by atoms with van der Waals surface area (Å²) in [6, 6.07) is -0.583. The van der Waals surface area contributed by atoms with Gasteiger partial charge in [0.25, 0.3) is 0 Å². The van der Waals surface area contributed by atoms with Gasteiger partial charge < -0.3 is 9.47 Å². The fraction of sp³-hybridized carbons (Fsp3) is 0.750. The Morgan fingerprint density at radius 2 is 1.32 bits per heavy atom. The number of urea groups is 1. The molecule has 0 aromatic rings. The third kappa shape index (κ3) is 4.29. The van der Waals surface area contributed by atoms with Crippen LogP contribution in [-0.2, 0) is 19.1 Å². The highest BCUT2D eigenvalue weighted by atomic mass is 16.5. The highest BCUT2D eigenvalue weighted by Gasteiger charge is 2.37. The molecule has 0 saturated carbocycles. The van der Waals surface area contributed by atoms with Crippen molar-refractivity contribution in [3.05, 3.63) is 0 Å². The monoisotopic (exact) mass is 272 g/mol. The Morgan fingerprint density at radius 1 is 0.895 bits per heavy atom. The lowest BCUT2D eigenvalue weighted by molar-refractivity contribution is -0.143. The van der Waals surface area contributed by atoms with Crippen molar-refractivity contribution in [1.82, 2.24) is 9.80 Å². The van der Waals surface area contributed by atoms with Crippen LogP contribution < -0.4 is 0 Å². The molecule has 0 aromatic carbocycles. The van der Waals surface area contributed by atoms with E-state index in [4.69, 9.17) is 9.47 Å². The van der Waals surface area contributed by atoms with Crippen molar-refractivity contribution in [3.63, 3.8) is 0 Å². The summed E-state index contributed by atoms with van der Waals surface area (Å²) in [6.45, 7) is 5.60. The predicted octanol–water partition coefficient (Wildman–Crippen LogP) is 0.240. The second kappa shape index (κ2) is 7.85. The van der Waals surface area contributed by atoms with Gasteiger partial charge in [-0.25, -0.2) is 4.79 Å². The smallest absolute Gasteiger partial charge is 0.333 e. The molecular weight excluding hydrogens is 252 g/mol. The second-order valence-corrected chi connectivity index (χ2v) is 3.94. The van der Waals surface area contributed by atoms with E-state index in [0.717, 1.165) is 9.80 Å². The average molecular weight is 272 g/mol. The first-order valence-corrected chi connectivity index (χ1v) is 6.42. The van der Waals surface area contributed by atoms with Crippen LogP contribution in [0.4, 0.5) is 4.79 Å². The SMILES string of the molecule is CCOCCN1C(=O)CC(=O)N(CCOCC)C1=O. The molecule has 0 radical (unpaired) electrons. The molecule has 1 heterocycles. The lowest BCUT2D eigenvalue weighted by atomic mass is 10.2. The molecule has 0 bridgehead atoms. The van der Waals surface area contributed by atoms with Crippen LogP contribution in [0.3, 0.4) is 0 Å². The number of hydrogen-bond donors (Lipinski definition) is 0. The largest absolute Gasteiger partial charge is 0.380 e. The highest BCUT2D eigenvalue weighted by Crippen LogP contribution is 2.11. The first-order chi connectivity index (χ1) is 9.11. The van der Waals surface area contributed by atoms with Crippen molar-refractivity contribution in [2.75, 3.05) is 39.5 Å². The zero-order valence-electron chi connectivity index (χ0n) is 11.4. The van der Waals surface area contributed by atoms with Crippen molar-refractivity contribution < 1.29 is 23.9 Å². The molecule has 7 heteroatoms. The molecule has 1 aliphatic heterocycles. The standard InChI is InChI=1S/C12H20N2O5/c1-3-18-7-5-13-10(15)9-11(16)14(12(13)17)6-8-19-4-2/h3-9H2,1-2H3. The maximum absolute atomic E-state index is 12.0. The van der Waals surface area contributed by atoms with E-state index >= 15 is 0 Å². The summed E-state index contributed by atoms with van der Waals surface area (Å²) in [5, 5.41) is 0. The van der Waals surface area contributed by atoms with Gasteiger partial charge in [-0.05, 0) is 13.8 Å². The van der Waals surface area contributed by atoms with Gasteiger partial charge in [-0.3, -0.25) is 19.4 Å². The van der Waals surface area contributed by atoms with Gasteiger partial charge in [0, 0.05) is 13.2 Å². The Kier molecular flexibility index (Phi) is 6.44. The summed E-state index contributed by atoms with van der Waals surface area (Å²) in [6.07, 6.45) is -0.274. The lowest BCUT2D eigenvalue weighted by Crippen LogP contribution is -2.56. The van der Waals surface area contributed by atoms with E-state index in [1.165, 1.54) is 0 Å². The number of carbonyl (C=O) groups excluding carboxylic acids is 3. The normalized spacial score (nSPS) is 16.4. The second-order valence-electron chi connectivity index (χ2n) is 3.94. The summed E-state index contributed by atoms with van der Waals surface area (Å²) in [4.78, 5) is 37.5. The van der Waals surface area contributed by atoms with E-state index < -0.39 is 17.8 Å². The van der Waals surface area contributed by atoms with Crippen LogP contribution in [-0.4, -0.2) is 67.2 Å². The van der Waals surface area contributed by atoms with Gasteiger partial charge in [-0.2, -0.15) is 0 Å². The number of rotatable bonds is 8. The molecule has 0 spiro atoms. The van der Waals surface area contributed by atoms with Crippen LogP contribution in [0.15, 0.2) is 0 Å². The number of ether oxygens (including phenoxy) is 2. The molecule has 4 amide bonds. The average Bonchev–Trinajstić information content (AvgIpc) is 2.37. The number of nitrogens with zero attached hydrogens (tertiary/aromatic N) is 2. The topological polar surface area (TPSA) is 76.2 Å². The van der Waals surface area contributed by atoms with Crippen LogP contribution in [0.2, 0.25) is 0 Å². The maximum Gasteiger partial charge on any atom is 0.333 e. The van der Waals surface area contributed by atoms with Crippen molar-refractivity contribution in [3.8, 4) is 0 Å². The van der Waals surface area contributed by atoms with Crippen LogP contribution >= 0.6 is 0 Å². The van der Waals surface area contributed by atoms with Crippen molar-refractivity contribution in [1.29, 1.82) is 0 Å². The number of carbonyl (C=O) groups is 3. The fourth-order valence-electron chi connectivity index (χ4n) is 1.72. The molecule has 0 atom stereocenters. The van der Waals surface area contributed by atoms with Crippen molar-refractivity contribution in [2.24, 2.45) is 0 Å². The van der Waals surface area contributed by atoms with Gasteiger partial charge in [0.15, 0.2) is 0 Å². The minimum Gasteiger partial charge on any atom is -0.380 e. The molecular formula is C12H20N2O5. The van der Waals surface area contributed by atoms with Crippen LogP contribution in [0.1, 0.15) is 20.3 Å². The van der Waals surface area contributed by atoms with E-state index in [9.17, 15) is 14.4 Å². The van der Waals surface area contributed by atoms with Crippen molar-refractivity contribution >= 4 is 17.8 Å². The van der Waals surface area contributed by atoms with E-state index in [0.29, 0.717) is 13.2 Å². The van der Waals surface area contributed by atoms with E-state index in [1.807, 2.05) is 13.8 Å². The van der Waals surface area contributed by atoms with Gasteiger partial charge >= 0.3 is 6.03 Å². The van der Waals surface area contributed by atoms with Crippen LogP contribution in [0.25, 0.3) is 0 Å². The molecule has 1 fully saturated rings. The molecule has 7 nitrogen and oxygen atoms in total. The fourth-order valence-corrected chi connectivity index (χ4v) is 1.72. The van der Waals surface area contributed by atoms with E-state index in [1.54, 1.807) is 0 Å². The zero-order chi connectivity index (χ0) is 14.3. The molecule has 19 heavy (non-hydrogen) atoms. The Bertz CT molecular complexity index is 315. The maximum atomic E-state index is 12.0. The summed E-state index contributed by atoms with van der Waals surface area (Å²) >= 11 is 0. The number of imide groups is 2. The Morgan fingerprint density at radius 3 is 1.68 bits per heavy atom. The molecule has 0 aromatic heterocycles. The first kappa shape index (κ1) is 15.6. The van der Waals surface area contributed by atoms with Gasteiger partial charge in [0.2, 0.25) is 11.8 Å². The molecule has 0 aliphatic carbocycles. The molecule has 1 saturated heterocycles. The quantitative estimate of drug-likeness (QED) is 0.467. The summed E-state index contributed by atoms with van der Waals surface area (Å²) in [7, 11) is 0. The Balaban J connectivity index is 2.59. The van der Waals surface area contributed by atoms with Gasteiger partial charge in [-0.15, -0.1) is 0 Å². The zero-order valence-corrected chi connectivity index (χ0v) is 11.4. The molecule has 1 rings (SSSR count). The number of hydrogen-bond acceptors (Lipinski definition) is 5. The Labute approximate surface area is 112 Å². The third-order valence-corrected chi connectivity index (χ3v) is 2.69.